The molecule has 9 nitrogen and oxygen atoms in total. The smallest absolute Gasteiger partial charge is 0.204 e. The fourth-order valence-corrected chi connectivity index (χ4v) is 11.2. The SMILES string of the molecule is Cc1ccnc(C2(c3[c-]c(C4(c5[c-]c(C6(n7[c-][n+](C)cc7)c7cnccc7-c7ccncc76)ccc5)c5cnccc5-c5ccncc54)ccc3)c3cnccc3-c3ccncc32)c1.[Pt]. The van der Waals surface area contributed by atoms with Crippen LogP contribution >= 0.6 is 0 Å². The van der Waals surface area contributed by atoms with Crippen LogP contribution in [-0.4, -0.2) is 39.5 Å². The number of nitrogens with zero attached hydrogens (tertiary/aromatic N) is 9. The van der Waals surface area contributed by atoms with Crippen molar-refractivity contribution in [2.45, 2.75) is 23.3 Å². The topological polar surface area (TPSA) is 99.0 Å². The second-order valence-electron chi connectivity index (χ2n) is 16.8. The number of imidazole rings is 1. The van der Waals surface area contributed by atoms with Crippen LogP contribution in [0.2, 0.25) is 0 Å². The van der Waals surface area contributed by atoms with E-state index in [1.54, 1.807) is 0 Å². The summed E-state index contributed by atoms with van der Waals surface area (Å²) in [6.07, 6.45) is 32.7. The van der Waals surface area contributed by atoms with Crippen molar-refractivity contribution in [3.05, 3.63) is 263 Å². The zero-order chi connectivity index (χ0) is 42.6. The minimum absolute atomic E-state index is 0. The molecular weight excluding hydrogens is 982 g/mol. The van der Waals surface area contributed by atoms with E-state index in [9.17, 15) is 0 Å². The van der Waals surface area contributed by atoms with Gasteiger partial charge in [-0.2, -0.15) is 48.5 Å². The molecule has 0 fully saturated rings. The van der Waals surface area contributed by atoms with Crippen molar-refractivity contribution in [1.82, 2.24) is 39.5 Å². The van der Waals surface area contributed by atoms with Gasteiger partial charge in [0.05, 0.1) is 18.2 Å². The van der Waals surface area contributed by atoms with E-state index in [1.807, 2.05) is 104 Å². The molecule has 10 aromatic rings. The number of fused-ring (bicyclic) bond motifs is 9. The molecule has 2 aromatic carbocycles. The van der Waals surface area contributed by atoms with Crippen LogP contribution in [0.15, 0.2) is 178 Å². The molecule has 0 amide bonds. The Hall–Kier alpha value is -7.61. The minimum Gasteiger partial charge on any atom is -0.354 e. The predicted octanol–water partition coefficient (Wildman–Crippen LogP) is 8.33. The van der Waals surface area contributed by atoms with Gasteiger partial charge in [-0.1, -0.05) is 0 Å². The summed E-state index contributed by atoms with van der Waals surface area (Å²) in [5.41, 5.74) is 15.5. The molecule has 0 radical (unpaired) electrons. The van der Waals surface area contributed by atoms with Crippen molar-refractivity contribution in [3.63, 3.8) is 0 Å². The monoisotopic (exact) mass is 1020 g/mol. The second-order valence-corrected chi connectivity index (χ2v) is 16.8. The molecule has 13 rings (SSSR count). The van der Waals surface area contributed by atoms with E-state index in [0.29, 0.717) is 0 Å². The van der Waals surface area contributed by atoms with Crippen molar-refractivity contribution in [3.8, 4) is 33.4 Å². The van der Waals surface area contributed by atoms with Gasteiger partial charge in [-0.25, -0.2) is 0 Å². The molecule has 3 aliphatic carbocycles. The number of hydrogen-bond donors (Lipinski definition) is 0. The number of rotatable bonds is 6. The number of benzene rings is 2. The molecule has 10 heteroatoms. The molecule has 0 N–H and O–H groups in total. The summed E-state index contributed by atoms with van der Waals surface area (Å²) in [6.45, 7) is 2.11. The maximum absolute atomic E-state index is 5.15. The molecule has 0 unspecified atom stereocenters. The van der Waals surface area contributed by atoms with Gasteiger partial charge in [0.2, 0.25) is 6.33 Å². The van der Waals surface area contributed by atoms with E-state index in [2.05, 4.69) is 115 Å². The first-order chi connectivity index (χ1) is 31.5. The van der Waals surface area contributed by atoms with Gasteiger partial charge in [-0.3, -0.25) is 34.9 Å². The van der Waals surface area contributed by atoms with Crippen LogP contribution in [0.3, 0.4) is 0 Å². The van der Waals surface area contributed by atoms with Gasteiger partial charge in [0.25, 0.3) is 0 Å². The van der Waals surface area contributed by atoms with Crippen LogP contribution in [0.1, 0.15) is 66.9 Å². The zero-order valence-corrected chi connectivity index (χ0v) is 37.4. The van der Waals surface area contributed by atoms with Gasteiger partial charge in [0.15, 0.2) is 0 Å². The average molecular weight is 1020 g/mol. The Morgan fingerprint density at radius 3 is 1.32 bits per heavy atom. The van der Waals surface area contributed by atoms with Crippen molar-refractivity contribution in [2.75, 3.05) is 0 Å². The Bertz CT molecular complexity index is 3410. The van der Waals surface area contributed by atoms with Gasteiger partial charge in [0.1, 0.15) is 5.54 Å². The average Bonchev–Trinajstić information content (AvgIpc) is 4.09. The molecule has 0 bridgehead atoms. The molecule has 8 heterocycles. The van der Waals surface area contributed by atoms with E-state index < -0.39 is 16.4 Å². The van der Waals surface area contributed by atoms with E-state index in [4.69, 9.17) is 34.9 Å². The first-order valence-corrected chi connectivity index (χ1v) is 21.2. The molecule has 312 valence electrons. The summed E-state index contributed by atoms with van der Waals surface area (Å²) in [5, 5.41) is 0. The third kappa shape index (κ3) is 5.07. The number of pyridine rings is 7. The molecular formula is C55H35N9Pt-2. The van der Waals surface area contributed by atoms with Gasteiger partial charge in [-0.05, 0) is 129 Å². The number of aromatic nitrogens is 9. The molecule has 8 aromatic heterocycles. The molecule has 3 aliphatic rings. The van der Waals surface area contributed by atoms with Crippen LogP contribution in [0, 0.1) is 25.4 Å². The van der Waals surface area contributed by atoms with Crippen LogP contribution in [-0.2, 0) is 44.5 Å². The minimum atomic E-state index is -0.977. The van der Waals surface area contributed by atoms with Crippen LogP contribution in [0.25, 0.3) is 33.4 Å². The summed E-state index contributed by atoms with van der Waals surface area (Å²) < 4.78 is 4.09. The van der Waals surface area contributed by atoms with Gasteiger partial charge in [0, 0.05) is 118 Å². The van der Waals surface area contributed by atoms with Crippen molar-refractivity contribution < 1.29 is 25.6 Å². The maximum Gasteiger partial charge on any atom is 0.204 e. The quantitative estimate of drug-likeness (QED) is 0.122. The Labute approximate surface area is 390 Å². The maximum atomic E-state index is 5.15. The molecule has 0 saturated carbocycles. The molecule has 0 atom stereocenters. The summed E-state index contributed by atoms with van der Waals surface area (Å²) in [7, 11) is 1.99. The van der Waals surface area contributed by atoms with Crippen LogP contribution in [0.4, 0.5) is 0 Å². The molecule has 0 aliphatic heterocycles. The Morgan fingerprint density at radius 2 is 0.877 bits per heavy atom. The predicted molar refractivity (Wildman–Crippen MR) is 240 cm³/mol. The number of hydrogen-bond acceptors (Lipinski definition) is 7. The van der Waals surface area contributed by atoms with Gasteiger partial charge >= 0.3 is 0 Å². The van der Waals surface area contributed by atoms with Crippen molar-refractivity contribution >= 4 is 0 Å². The molecule has 0 spiro atoms. The summed E-state index contributed by atoms with van der Waals surface area (Å²) >= 11 is 0. The largest absolute Gasteiger partial charge is 0.354 e. The third-order valence-electron chi connectivity index (χ3n) is 13.8. The Morgan fingerprint density at radius 1 is 0.477 bits per heavy atom. The van der Waals surface area contributed by atoms with Crippen molar-refractivity contribution in [2.24, 2.45) is 7.05 Å². The van der Waals surface area contributed by atoms with E-state index in [-0.39, 0.29) is 21.1 Å². The van der Waals surface area contributed by atoms with Crippen LogP contribution in [0.5, 0.6) is 0 Å². The van der Waals surface area contributed by atoms with Gasteiger partial charge in [-0.15, -0.1) is 22.3 Å². The number of aryl methyl sites for hydroxylation is 2. The molecule has 65 heavy (non-hydrogen) atoms. The van der Waals surface area contributed by atoms with Crippen LogP contribution < -0.4 is 4.57 Å². The molecule has 0 saturated heterocycles. The second kappa shape index (κ2) is 14.5. The summed E-state index contributed by atoms with van der Waals surface area (Å²) in [4.78, 5) is 33.8. The third-order valence-corrected chi connectivity index (χ3v) is 13.8. The van der Waals surface area contributed by atoms with E-state index in [0.717, 1.165) is 100 Å². The first kappa shape index (κ1) is 39.0. The first-order valence-electron chi connectivity index (χ1n) is 21.2. The fraction of sp³-hybridized carbons (Fsp3) is 0.0909. The normalized spacial score (nSPS) is 14.9. The standard InChI is InChI=1S/C55H35N9.Pt/c1-35-9-22-62-52(25-35)54(48-30-58-18-12-42(48)43-13-19-59-31-49(43)54)38-7-3-5-36(26-38)53(46-28-56-16-10-40(46)41-11-17-57-29-47(41)53)37-6-4-8-39(27-37)55(64-24-23-63(2)34-64)50-32-60-20-14-44(50)45-15-21-61-33-51(45)55;/h3-25,28-33H,1-2H3;/q-2;. The summed E-state index contributed by atoms with van der Waals surface area (Å²) in [6, 6.07) is 38.1. The van der Waals surface area contributed by atoms with Crippen molar-refractivity contribution in [1.29, 1.82) is 0 Å². The Balaban J connectivity index is 0.00000444. The summed E-state index contributed by atoms with van der Waals surface area (Å²) in [5.74, 6) is 0. The van der Waals surface area contributed by atoms with E-state index >= 15 is 0 Å². The fourth-order valence-electron chi connectivity index (χ4n) is 11.2. The van der Waals surface area contributed by atoms with Gasteiger partial charge < -0.3 is 9.13 Å². The Kier molecular flexibility index (Phi) is 8.68. The zero-order valence-electron chi connectivity index (χ0n) is 35.1. The van der Waals surface area contributed by atoms with E-state index in [1.165, 1.54) is 0 Å².